The Morgan fingerprint density at radius 1 is 1.24 bits per heavy atom. The van der Waals surface area contributed by atoms with Crippen molar-refractivity contribution in [1.82, 2.24) is 4.98 Å². The van der Waals surface area contributed by atoms with Crippen molar-refractivity contribution in [1.29, 1.82) is 0 Å². The number of hydrogen-bond acceptors (Lipinski definition) is 3. The number of carbonyl (C=O) groups excluding carboxylic acids is 1. The molecule has 0 bridgehead atoms. The first-order valence-corrected chi connectivity index (χ1v) is 5.45. The summed E-state index contributed by atoms with van der Waals surface area (Å²) in [5.41, 5.74) is 1.26. The summed E-state index contributed by atoms with van der Waals surface area (Å²) < 4.78 is 0. The molecule has 2 aromatic rings. The van der Waals surface area contributed by atoms with Crippen LogP contribution >= 0.6 is 11.6 Å². The molecule has 0 fully saturated rings. The number of halogens is 1. The summed E-state index contributed by atoms with van der Waals surface area (Å²) in [7, 11) is 0. The molecule has 86 valence electrons. The number of pyridine rings is 1. The van der Waals surface area contributed by atoms with Gasteiger partial charge in [-0.15, -0.1) is 0 Å². The Balaban J connectivity index is 2.44. The van der Waals surface area contributed by atoms with E-state index in [4.69, 9.17) is 11.6 Å². The van der Waals surface area contributed by atoms with E-state index in [1.54, 1.807) is 36.4 Å². The van der Waals surface area contributed by atoms with Gasteiger partial charge in [-0.1, -0.05) is 35.9 Å². The zero-order valence-corrected chi connectivity index (χ0v) is 9.63. The fourth-order valence-electron chi connectivity index (χ4n) is 1.65. The van der Waals surface area contributed by atoms with Gasteiger partial charge in [0.2, 0.25) is 0 Å². The lowest BCUT2D eigenvalue weighted by Gasteiger charge is -2.12. The van der Waals surface area contributed by atoms with Crippen LogP contribution in [-0.2, 0) is 4.79 Å². The maximum Gasteiger partial charge on any atom is 0.132 e. The van der Waals surface area contributed by atoms with Crippen LogP contribution in [0.1, 0.15) is 17.0 Å². The molecule has 3 nitrogen and oxygen atoms in total. The van der Waals surface area contributed by atoms with E-state index in [9.17, 15) is 9.90 Å². The van der Waals surface area contributed by atoms with Crippen LogP contribution in [0, 0.1) is 0 Å². The van der Waals surface area contributed by atoms with E-state index in [-0.39, 0.29) is 5.75 Å². The summed E-state index contributed by atoms with van der Waals surface area (Å²) in [5.74, 6) is -0.430. The smallest absolute Gasteiger partial charge is 0.132 e. The van der Waals surface area contributed by atoms with Gasteiger partial charge in [0, 0.05) is 11.8 Å². The third kappa shape index (κ3) is 2.45. The number of aldehydes is 1. The van der Waals surface area contributed by atoms with Gasteiger partial charge in [-0.05, 0) is 17.7 Å². The number of nitrogens with zero attached hydrogens (tertiary/aromatic N) is 1. The third-order valence-corrected chi connectivity index (χ3v) is 2.74. The predicted molar refractivity (Wildman–Crippen MR) is 65.3 cm³/mol. The van der Waals surface area contributed by atoms with E-state index in [2.05, 4.69) is 4.98 Å². The molecule has 1 unspecified atom stereocenters. The number of carbonyl (C=O) groups is 1. The molecule has 2 rings (SSSR count). The highest BCUT2D eigenvalue weighted by atomic mass is 35.5. The van der Waals surface area contributed by atoms with Gasteiger partial charge in [-0.25, -0.2) is 4.98 Å². The molecule has 0 radical (unpaired) electrons. The SMILES string of the molecule is O=CC(c1ccc(Cl)nc1)c1ccccc1O. The highest BCUT2D eigenvalue weighted by molar-refractivity contribution is 6.29. The molecule has 1 heterocycles. The summed E-state index contributed by atoms with van der Waals surface area (Å²) in [4.78, 5) is 15.1. The molecule has 1 N–H and O–H groups in total. The molecule has 0 amide bonds. The van der Waals surface area contributed by atoms with Gasteiger partial charge in [-0.3, -0.25) is 0 Å². The van der Waals surface area contributed by atoms with Gasteiger partial charge in [0.15, 0.2) is 0 Å². The second-order valence-corrected chi connectivity index (χ2v) is 3.97. The van der Waals surface area contributed by atoms with E-state index in [0.29, 0.717) is 16.3 Å². The van der Waals surface area contributed by atoms with Crippen molar-refractivity contribution in [3.63, 3.8) is 0 Å². The molecule has 0 aliphatic carbocycles. The Labute approximate surface area is 104 Å². The molecule has 1 atom stereocenters. The first kappa shape index (κ1) is 11.6. The van der Waals surface area contributed by atoms with Gasteiger partial charge in [0.1, 0.15) is 17.2 Å². The highest BCUT2D eigenvalue weighted by Crippen LogP contribution is 2.29. The Morgan fingerprint density at radius 3 is 2.59 bits per heavy atom. The Hall–Kier alpha value is -1.87. The minimum absolute atomic E-state index is 0.0968. The number of para-hydroxylation sites is 1. The van der Waals surface area contributed by atoms with Gasteiger partial charge in [0.25, 0.3) is 0 Å². The fourth-order valence-corrected chi connectivity index (χ4v) is 1.76. The number of phenols is 1. The standard InChI is InChI=1S/C13H10ClNO2/c14-13-6-5-9(7-15-13)11(8-16)10-3-1-2-4-12(10)17/h1-8,11,17H. The molecule has 1 aromatic heterocycles. The van der Waals surface area contributed by atoms with E-state index in [1.807, 2.05) is 0 Å². The summed E-state index contributed by atoms with van der Waals surface area (Å²) in [6.07, 6.45) is 2.31. The summed E-state index contributed by atoms with van der Waals surface area (Å²) >= 11 is 5.69. The maximum atomic E-state index is 11.2. The summed E-state index contributed by atoms with van der Waals surface area (Å²) in [6.45, 7) is 0. The van der Waals surface area contributed by atoms with Crippen molar-refractivity contribution in [2.75, 3.05) is 0 Å². The van der Waals surface area contributed by atoms with E-state index in [0.717, 1.165) is 6.29 Å². The van der Waals surface area contributed by atoms with Crippen molar-refractivity contribution in [3.8, 4) is 5.75 Å². The predicted octanol–water partition coefficient (Wildman–Crippen LogP) is 2.77. The minimum atomic E-state index is -0.527. The van der Waals surface area contributed by atoms with Crippen LogP contribution in [0.5, 0.6) is 5.75 Å². The zero-order valence-electron chi connectivity index (χ0n) is 8.88. The quantitative estimate of drug-likeness (QED) is 0.670. The van der Waals surface area contributed by atoms with Crippen LogP contribution in [0.2, 0.25) is 5.15 Å². The molecule has 0 saturated carbocycles. The van der Waals surface area contributed by atoms with Crippen molar-refractivity contribution in [2.24, 2.45) is 0 Å². The normalized spacial score (nSPS) is 12.1. The van der Waals surface area contributed by atoms with Crippen molar-refractivity contribution >= 4 is 17.9 Å². The monoisotopic (exact) mass is 247 g/mol. The first-order valence-electron chi connectivity index (χ1n) is 5.07. The van der Waals surface area contributed by atoms with Gasteiger partial charge < -0.3 is 9.90 Å². The van der Waals surface area contributed by atoms with Gasteiger partial charge in [0.05, 0.1) is 5.92 Å². The van der Waals surface area contributed by atoms with Crippen LogP contribution in [0.25, 0.3) is 0 Å². The molecule has 0 saturated heterocycles. The van der Waals surface area contributed by atoms with E-state index >= 15 is 0 Å². The first-order chi connectivity index (χ1) is 8.22. The molecule has 0 spiro atoms. The van der Waals surface area contributed by atoms with Crippen LogP contribution < -0.4 is 0 Å². The van der Waals surface area contributed by atoms with Crippen molar-refractivity contribution in [2.45, 2.75) is 5.92 Å². The van der Waals surface area contributed by atoms with Crippen LogP contribution in [-0.4, -0.2) is 16.4 Å². The third-order valence-electron chi connectivity index (χ3n) is 2.52. The summed E-state index contributed by atoms with van der Waals surface area (Å²) in [5, 5.41) is 10.1. The molecular weight excluding hydrogens is 238 g/mol. The molecule has 0 aliphatic heterocycles. The Bertz CT molecular complexity index is 525. The van der Waals surface area contributed by atoms with Crippen LogP contribution in [0.3, 0.4) is 0 Å². The lowest BCUT2D eigenvalue weighted by atomic mass is 9.93. The number of benzene rings is 1. The van der Waals surface area contributed by atoms with Crippen molar-refractivity contribution < 1.29 is 9.90 Å². The largest absolute Gasteiger partial charge is 0.508 e. The number of aromatic nitrogens is 1. The zero-order chi connectivity index (χ0) is 12.3. The molecule has 1 aromatic carbocycles. The number of hydrogen-bond donors (Lipinski definition) is 1. The highest BCUT2D eigenvalue weighted by Gasteiger charge is 2.16. The summed E-state index contributed by atoms with van der Waals surface area (Å²) in [6, 6.07) is 10.1. The maximum absolute atomic E-state index is 11.2. The second kappa shape index (κ2) is 4.97. The van der Waals surface area contributed by atoms with E-state index in [1.165, 1.54) is 6.20 Å². The Kier molecular flexibility index (Phi) is 3.40. The molecular formula is C13H10ClNO2. The fraction of sp³-hybridized carbons (Fsp3) is 0.0769. The second-order valence-electron chi connectivity index (χ2n) is 3.59. The molecule has 0 aliphatic rings. The Morgan fingerprint density at radius 2 is 2.00 bits per heavy atom. The van der Waals surface area contributed by atoms with Crippen LogP contribution in [0.4, 0.5) is 0 Å². The average Bonchev–Trinajstić information content (AvgIpc) is 2.35. The minimum Gasteiger partial charge on any atom is -0.508 e. The van der Waals surface area contributed by atoms with E-state index < -0.39 is 5.92 Å². The average molecular weight is 248 g/mol. The lowest BCUT2D eigenvalue weighted by Crippen LogP contribution is -2.03. The van der Waals surface area contributed by atoms with Gasteiger partial charge in [-0.2, -0.15) is 0 Å². The van der Waals surface area contributed by atoms with Gasteiger partial charge >= 0.3 is 0 Å². The number of aromatic hydroxyl groups is 1. The van der Waals surface area contributed by atoms with Crippen molar-refractivity contribution in [3.05, 3.63) is 58.9 Å². The molecule has 4 heteroatoms. The number of rotatable bonds is 3. The lowest BCUT2D eigenvalue weighted by molar-refractivity contribution is -0.108. The van der Waals surface area contributed by atoms with Crippen LogP contribution in [0.15, 0.2) is 42.6 Å². The molecule has 17 heavy (non-hydrogen) atoms. The number of phenolic OH excluding ortho intramolecular Hbond substituents is 1. The topological polar surface area (TPSA) is 50.2 Å².